The number of rotatable bonds is 6. The molecule has 1 aliphatic rings. The molecule has 8 heteroatoms. The number of carbonyl (C=O) groups is 4. The van der Waals surface area contributed by atoms with Crippen molar-refractivity contribution in [3.05, 3.63) is 35.9 Å². The van der Waals surface area contributed by atoms with Gasteiger partial charge >= 0.3 is 12.0 Å². The van der Waals surface area contributed by atoms with Crippen LogP contribution in [0.4, 0.5) is 4.79 Å². The topological polar surface area (TPSA) is 84.0 Å². The van der Waals surface area contributed by atoms with Crippen LogP contribution in [0.1, 0.15) is 45.0 Å². The number of thioether (sulfide) groups is 1. The lowest BCUT2D eigenvalue weighted by molar-refractivity contribution is -0.162. The Bertz CT molecular complexity index is 775. The highest BCUT2D eigenvalue weighted by atomic mass is 32.2. The second kappa shape index (κ2) is 9.43. The summed E-state index contributed by atoms with van der Waals surface area (Å²) in [4.78, 5) is 53.0. The van der Waals surface area contributed by atoms with Crippen LogP contribution in [0.3, 0.4) is 0 Å². The first-order valence-corrected chi connectivity index (χ1v) is 10.6. The highest BCUT2D eigenvalue weighted by Crippen LogP contribution is 2.24. The highest BCUT2D eigenvalue weighted by molar-refractivity contribution is 8.14. The molecule has 1 aromatic carbocycles. The summed E-state index contributed by atoms with van der Waals surface area (Å²) in [7, 11) is 0. The number of esters is 1. The molecule has 0 bridgehead atoms. The molecule has 0 saturated carbocycles. The lowest BCUT2D eigenvalue weighted by atomic mass is 10.1. The van der Waals surface area contributed by atoms with Crippen molar-refractivity contribution >= 4 is 34.8 Å². The molecular formula is C21H28N2O5S. The minimum Gasteiger partial charge on any atom is -0.458 e. The lowest BCUT2D eigenvalue weighted by Crippen LogP contribution is -2.48. The maximum Gasteiger partial charge on any atom is 0.331 e. The van der Waals surface area contributed by atoms with E-state index in [1.807, 2.05) is 6.07 Å². The van der Waals surface area contributed by atoms with Gasteiger partial charge in [0.1, 0.15) is 5.60 Å². The van der Waals surface area contributed by atoms with Crippen molar-refractivity contribution in [2.75, 3.05) is 18.8 Å². The molecule has 0 aliphatic carbocycles. The standard InChI is InChI=1S/C21H28N2O5S/c1-6-22-12-16(18(25)28-21(3,4)5)23(20(22)27)17(24)14(2)13-29-19(26)15-10-8-7-9-11-15/h7-11,14,16H,6,12-13H2,1-5H3/t14-,16-/m0/s1. The summed E-state index contributed by atoms with van der Waals surface area (Å²) in [6.45, 7) is 9.15. The molecule has 7 nitrogen and oxygen atoms in total. The SMILES string of the molecule is CCN1C[C@@H](C(=O)OC(C)(C)C)N(C(=O)[C@@H](C)CSC(=O)c2ccccc2)C1=O. The Morgan fingerprint density at radius 3 is 2.38 bits per heavy atom. The van der Waals surface area contributed by atoms with Gasteiger partial charge in [-0.3, -0.25) is 9.59 Å². The molecule has 1 aliphatic heterocycles. The average Bonchev–Trinajstić information content (AvgIpc) is 3.01. The van der Waals surface area contributed by atoms with Crippen LogP contribution in [-0.4, -0.2) is 63.3 Å². The molecule has 3 amide bonds. The third kappa shape index (κ3) is 5.82. The number of ether oxygens (including phenoxy) is 1. The highest BCUT2D eigenvalue weighted by Gasteiger charge is 2.47. The average molecular weight is 421 g/mol. The first-order valence-electron chi connectivity index (χ1n) is 9.62. The van der Waals surface area contributed by atoms with Gasteiger partial charge in [0.05, 0.1) is 6.54 Å². The zero-order chi connectivity index (χ0) is 21.8. The van der Waals surface area contributed by atoms with E-state index < -0.39 is 35.5 Å². The summed E-state index contributed by atoms with van der Waals surface area (Å²) in [5, 5.41) is -0.142. The van der Waals surface area contributed by atoms with E-state index in [0.29, 0.717) is 12.1 Å². The molecule has 29 heavy (non-hydrogen) atoms. The van der Waals surface area contributed by atoms with Crippen molar-refractivity contribution in [1.82, 2.24) is 9.80 Å². The van der Waals surface area contributed by atoms with Crippen molar-refractivity contribution in [3.63, 3.8) is 0 Å². The van der Waals surface area contributed by atoms with Crippen LogP contribution < -0.4 is 0 Å². The zero-order valence-corrected chi connectivity index (χ0v) is 18.3. The Labute approximate surface area is 175 Å². The fourth-order valence-corrected chi connectivity index (χ4v) is 3.73. The van der Waals surface area contributed by atoms with Crippen LogP contribution in [0.25, 0.3) is 0 Å². The van der Waals surface area contributed by atoms with Crippen molar-refractivity contribution in [2.24, 2.45) is 5.92 Å². The minimum absolute atomic E-state index is 0.110. The van der Waals surface area contributed by atoms with E-state index >= 15 is 0 Å². The summed E-state index contributed by atoms with van der Waals surface area (Å²) < 4.78 is 5.41. The van der Waals surface area contributed by atoms with Gasteiger partial charge in [0.25, 0.3) is 0 Å². The molecular weight excluding hydrogens is 392 g/mol. The third-order valence-corrected chi connectivity index (χ3v) is 5.54. The van der Waals surface area contributed by atoms with E-state index in [4.69, 9.17) is 4.74 Å². The van der Waals surface area contributed by atoms with Gasteiger partial charge in [-0.15, -0.1) is 0 Å². The predicted octanol–water partition coefficient (Wildman–Crippen LogP) is 3.19. The van der Waals surface area contributed by atoms with Crippen LogP contribution in [0.2, 0.25) is 0 Å². The third-order valence-electron chi connectivity index (χ3n) is 4.38. The van der Waals surface area contributed by atoms with Crippen LogP contribution in [0.15, 0.2) is 30.3 Å². The van der Waals surface area contributed by atoms with Crippen LogP contribution in [-0.2, 0) is 14.3 Å². The second-order valence-electron chi connectivity index (χ2n) is 7.94. The summed E-state index contributed by atoms with van der Waals surface area (Å²) in [6.07, 6.45) is 0. The van der Waals surface area contributed by atoms with Gasteiger partial charge in [0.15, 0.2) is 6.04 Å². The maximum absolute atomic E-state index is 13.0. The van der Waals surface area contributed by atoms with Gasteiger partial charge < -0.3 is 9.64 Å². The quantitative estimate of drug-likeness (QED) is 0.657. The Balaban J connectivity index is 2.09. The smallest absolute Gasteiger partial charge is 0.331 e. The number of carbonyl (C=O) groups excluding carboxylic acids is 4. The van der Waals surface area contributed by atoms with Crippen LogP contribution in [0.5, 0.6) is 0 Å². The Morgan fingerprint density at radius 1 is 1.21 bits per heavy atom. The summed E-state index contributed by atoms with van der Waals surface area (Å²) in [5.41, 5.74) is -0.170. The van der Waals surface area contributed by atoms with E-state index in [1.54, 1.807) is 58.9 Å². The van der Waals surface area contributed by atoms with E-state index in [-0.39, 0.29) is 17.4 Å². The van der Waals surface area contributed by atoms with E-state index in [1.165, 1.54) is 4.90 Å². The van der Waals surface area contributed by atoms with Crippen LogP contribution >= 0.6 is 11.8 Å². The molecule has 0 N–H and O–H groups in total. The van der Waals surface area contributed by atoms with Gasteiger partial charge in [-0.25, -0.2) is 14.5 Å². The molecule has 0 unspecified atom stereocenters. The molecule has 158 valence electrons. The van der Waals surface area contributed by atoms with Gasteiger partial charge in [-0.1, -0.05) is 49.0 Å². The second-order valence-corrected chi connectivity index (χ2v) is 8.94. The summed E-state index contributed by atoms with van der Waals surface area (Å²) in [5.74, 6) is -1.48. The fourth-order valence-electron chi connectivity index (χ4n) is 2.88. The zero-order valence-electron chi connectivity index (χ0n) is 17.5. The van der Waals surface area contributed by atoms with Crippen molar-refractivity contribution in [2.45, 2.75) is 46.3 Å². The van der Waals surface area contributed by atoms with Crippen molar-refractivity contribution < 1.29 is 23.9 Å². The molecule has 2 atom stereocenters. The number of benzene rings is 1. The van der Waals surface area contributed by atoms with Crippen molar-refractivity contribution in [1.29, 1.82) is 0 Å². The molecule has 1 fully saturated rings. The molecule has 1 aromatic rings. The van der Waals surface area contributed by atoms with Gasteiger partial charge in [0.2, 0.25) is 11.0 Å². The number of hydrogen-bond acceptors (Lipinski definition) is 6. The van der Waals surface area contributed by atoms with Gasteiger partial charge in [-0.2, -0.15) is 0 Å². The number of nitrogens with zero attached hydrogens (tertiary/aromatic N) is 2. The largest absolute Gasteiger partial charge is 0.458 e. The monoisotopic (exact) mass is 420 g/mol. The minimum atomic E-state index is -0.980. The Morgan fingerprint density at radius 2 is 1.83 bits per heavy atom. The van der Waals surface area contributed by atoms with E-state index in [2.05, 4.69) is 0 Å². The summed E-state index contributed by atoms with van der Waals surface area (Å²) >= 11 is 1.02. The molecule has 0 spiro atoms. The van der Waals surface area contributed by atoms with Gasteiger partial charge in [-0.05, 0) is 27.7 Å². The predicted molar refractivity (Wildman–Crippen MR) is 112 cm³/mol. The number of likely N-dealkylation sites (N-methyl/N-ethyl adjacent to an activating group) is 1. The fraction of sp³-hybridized carbons (Fsp3) is 0.524. The number of amides is 3. The van der Waals surface area contributed by atoms with Gasteiger partial charge in [0, 0.05) is 23.8 Å². The van der Waals surface area contributed by atoms with E-state index in [9.17, 15) is 19.2 Å². The normalized spacial score (nSPS) is 18.0. The lowest BCUT2D eigenvalue weighted by Gasteiger charge is -2.26. The first-order chi connectivity index (χ1) is 13.5. The molecule has 1 saturated heterocycles. The number of urea groups is 1. The Kier molecular flexibility index (Phi) is 7.46. The summed E-state index contributed by atoms with van der Waals surface area (Å²) in [6, 6.07) is 7.31. The maximum atomic E-state index is 13.0. The molecule has 0 aromatic heterocycles. The molecule has 1 heterocycles. The first kappa shape index (κ1) is 22.9. The van der Waals surface area contributed by atoms with E-state index in [0.717, 1.165) is 16.7 Å². The van der Waals surface area contributed by atoms with Crippen molar-refractivity contribution in [3.8, 4) is 0 Å². The van der Waals surface area contributed by atoms with Crippen LogP contribution in [0, 0.1) is 5.92 Å². The number of imide groups is 1. The molecule has 2 rings (SSSR count). The molecule has 0 radical (unpaired) electrons. The number of hydrogen-bond donors (Lipinski definition) is 0. The Hall–Kier alpha value is -2.35.